The molecular weight excluding hydrogens is 406 g/mol. The van der Waals surface area contributed by atoms with E-state index in [1.807, 2.05) is 37.3 Å². The Labute approximate surface area is 176 Å². The number of Topliss-reactive ketones (excluding diaryl/α,β-unsaturated/α-hetero) is 1. The Morgan fingerprint density at radius 3 is 2.70 bits per heavy atom. The fourth-order valence-corrected chi connectivity index (χ4v) is 3.73. The van der Waals surface area contributed by atoms with Crippen LogP contribution in [0.15, 0.2) is 53.2 Å². The van der Waals surface area contributed by atoms with E-state index in [2.05, 4.69) is 15.5 Å². The molecule has 2 aromatic heterocycles. The van der Waals surface area contributed by atoms with E-state index in [-0.39, 0.29) is 28.8 Å². The zero-order chi connectivity index (χ0) is 21.1. The van der Waals surface area contributed by atoms with E-state index in [9.17, 15) is 14.4 Å². The number of rotatable bonds is 6. The number of pyridine rings is 1. The summed E-state index contributed by atoms with van der Waals surface area (Å²) in [5, 5.41) is 6.21. The maximum atomic E-state index is 12.3. The van der Waals surface area contributed by atoms with Crippen LogP contribution < -0.4 is 10.1 Å². The molecule has 30 heavy (non-hydrogen) atoms. The van der Waals surface area contributed by atoms with Gasteiger partial charge in [0.25, 0.3) is 5.91 Å². The van der Waals surface area contributed by atoms with Gasteiger partial charge in [0.15, 0.2) is 11.8 Å². The van der Waals surface area contributed by atoms with E-state index in [1.54, 1.807) is 6.07 Å². The van der Waals surface area contributed by atoms with E-state index in [4.69, 9.17) is 9.26 Å². The molecule has 3 heterocycles. The average Bonchev–Trinajstić information content (AvgIpc) is 3.29. The molecule has 0 spiro atoms. The minimum atomic E-state index is -1.09. The number of ketones is 1. The van der Waals surface area contributed by atoms with E-state index in [0.29, 0.717) is 17.3 Å². The standard InChI is InChI=1S/C21H17N3O5S/c1-12-15(18(24-29-12)13-5-3-2-4-6-13)10-28-17-8-7-14(9-22-17)20(26)23-19-16(25)11-30-21(19)27/h2-9,19H,10-11H2,1H3,(H,23,26). The predicted octanol–water partition coefficient (Wildman–Crippen LogP) is 2.56. The van der Waals surface area contributed by atoms with Gasteiger partial charge in [0.1, 0.15) is 18.1 Å². The van der Waals surface area contributed by atoms with Crippen LogP contribution in [0.4, 0.5) is 0 Å². The van der Waals surface area contributed by atoms with Gasteiger partial charge in [-0.05, 0) is 13.0 Å². The molecule has 9 heteroatoms. The molecule has 0 radical (unpaired) electrons. The van der Waals surface area contributed by atoms with Crippen molar-refractivity contribution in [2.45, 2.75) is 19.6 Å². The molecule has 1 atom stereocenters. The number of benzene rings is 1. The lowest BCUT2D eigenvalue weighted by Gasteiger charge is -2.10. The second-order valence-electron chi connectivity index (χ2n) is 6.59. The Hall–Kier alpha value is -3.46. The molecule has 1 aliphatic rings. The molecule has 1 aliphatic heterocycles. The van der Waals surface area contributed by atoms with Gasteiger partial charge in [-0.2, -0.15) is 0 Å². The number of aryl methyl sites for hydroxylation is 1. The normalized spacial score (nSPS) is 16.0. The maximum absolute atomic E-state index is 12.3. The molecule has 0 aliphatic carbocycles. The van der Waals surface area contributed by atoms with Gasteiger partial charge in [-0.3, -0.25) is 14.4 Å². The van der Waals surface area contributed by atoms with Crippen LogP contribution in [0.3, 0.4) is 0 Å². The first-order valence-electron chi connectivity index (χ1n) is 9.12. The number of hydrogen-bond acceptors (Lipinski definition) is 8. The van der Waals surface area contributed by atoms with Crippen LogP contribution in [0.1, 0.15) is 21.7 Å². The van der Waals surface area contributed by atoms with Crippen molar-refractivity contribution in [2.75, 3.05) is 5.75 Å². The van der Waals surface area contributed by atoms with Crippen LogP contribution in [0.5, 0.6) is 5.88 Å². The zero-order valence-corrected chi connectivity index (χ0v) is 16.8. The van der Waals surface area contributed by atoms with E-state index in [1.165, 1.54) is 12.3 Å². The summed E-state index contributed by atoms with van der Waals surface area (Å²) in [5.41, 5.74) is 2.65. The molecule has 0 saturated carbocycles. The number of amides is 1. The molecule has 1 N–H and O–H groups in total. The van der Waals surface area contributed by atoms with Crippen LogP contribution in [0.2, 0.25) is 0 Å². The summed E-state index contributed by atoms with van der Waals surface area (Å²) in [7, 11) is 0. The smallest absolute Gasteiger partial charge is 0.253 e. The van der Waals surface area contributed by atoms with Crippen molar-refractivity contribution >= 4 is 28.6 Å². The summed E-state index contributed by atoms with van der Waals surface area (Å²) in [6.07, 6.45) is 1.33. The first-order valence-corrected chi connectivity index (χ1v) is 10.1. The maximum Gasteiger partial charge on any atom is 0.253 e. The Balaban J connectivity index is 1.41. The molecule has 1 aromatic carbocycles. The van der Waals surface area contributed by atoms with Crippen molar-refractivity contribution in [3.63, 3.8) is 0 Å². The summed E-state index contributed by atoms with van der Waals surface area (Å²) >= 11 is 0.907. The van der Waals surface area contributed by atoms with Gasteiger partial charge in [0, 0.05) is 17.8 Å². The number of hydrogen-bond donors (Lipinski definition) is 1. The van der Waals surface area contributed by atoms with Gasteiger partial charge in [0.05, 0.1) is 16.9 Å². The molecule has 3 aromatic rings. The van der Waals surface area contributed by atoms with Crippen molar-refractivity contribution in [3.05, 3.63) is 65.5 Å². The topological polar surface area (TPSA) is 111 Å². The van der Waals surface area contributed by atoms with Crippen LogP contribution in [-0.4, -0.2) is 38.7 Å². The highest BCUT2D eigenvalue weighted by atomic mass is 32.2. The number of carbonyl (C=O) groups is 3. The number of nitrogens with one attached hydrogen (secondary N) is 1. The molecule has 1 unspecified atom stereocenters. The molecule has 0 bridgehead atoms. The average molecular weight is 423 g/mol. The first kappa shape index (κ1) is 19.8. The summed E-state index contributed by atoms with van der Waals surface area (Å²) in [4.78, 5) is 39.7. The lowest BCUT2D eigenvalue weighted by Crippen LogP contribution is -2.42. The highest BCUT2D eigenvalue weighted by Crippen LogP contribution is 2.26. The highest BCUT2D eigenvalue weighted by Gasteiger charge is 2.35. The number of ether oxygens (including phenoxy) is 1. The molecule has 1 fully saturated rings. The number of nitrogens with zero attached hydrogens (tertiary/aromatic N) is 2. The lowest BCUT2D eigenvalue weighted by atomic mass is 10.1. The molecule has 1 saturated heterocycles. The Morgan fingerprint density at radius 1 is 1.23 bits per heavy atom. The minimum Gasteiger partial charge on any atom is -0.473 e. The summed E-state index contributed by atoms with van der Waals surface area (Å²) in [6, 6.07) is 11.6. The fourth-order valence-electron chi connectivity index (χ4n) is 2.92. The van der Waals surface area contributed by atoms with E-state index in [0.717, 1.165) is 22.9 Å². The van der Waals surface area contributed by atoms with Crippen molar-refractivity contribution in [1.82, 2.24) is 15.5 Å². The van der Waals surface area contributed by atoms with Crippen LogP contribution in [0.25, 0.3) is 11.3 Å². The summed E-state index contributed by atoms with van der Waals surface area (Å²) < 4.78 is 11.1. The molecule has 1 amide bonds. The molecule has 4 rings (SSSR count). The molecule has 8 nitrogen and oxygen atoms in total. The summed E-state index contributed by atoms with van der Waals surface area (Å²) in [6.45, 7) is 2.00. The second-order valence-corrected chi connectivity index (χ2v) is 7.57. The third-order valence-corrected chi connectivity index (χ3v) is 5.53. The van der Waals surface area contributed by atoms with Gasteiger partial charge in [-0.25, -0.2) is 4.98 Å². The third kappa shape index (κ3) is 4.11. The SMILES string of the molecule is Cc1onc(-c2ccccc2)c1COc1ccc(C(=O)NC2C(=O)CSC2=O)cn1. The first-order chi connectivity index (χ1) is 14.5. The molecule has 152 valence electrons. The third-order valence-electron chi connectivity index (χ3n) is 4.58. The van der Waals surface area contributed by atoms with E-state index >= 15 is 0 Å². The fraction of sp³-hybridized carbons (Fsp3) is 0.190. The lowest BCUT2D eigenvalue weighted by molar-refractivity contribution is -0.122. The van der Waals surface area contributed by atoms with Gasteiger partial charge in [-0.1, -0.05) is 47.3 Å². The van der Waals surface area contributed by atoms with Crippen molar-refractivity contribution in [3.8, 4) is 17.1 Å². The number of thioether (sulfide) groups is 1. The van der Waals surface area contributed by atoms with Gasteiger partial charge < -0.3 is 14.6 Å². The van der Waals surface area contributed by atoms with Crippen molar-refractivity contribution in [1.29, 1.82) is 0 Å². The van der Waals surface area contributed by atoms with E-state index < -0.39 is 11.9 Å². The van der Waals surface area contributed by atoms with Gasteiger partial charge in [0.2, 0.25) is 11.0 Å². The quantitative estimate of drug-likeness (QED) is 0.602. The van der Waals surface area contributed by atoms with Gasteiger partial charge in [-0.15, -0.1) is 0 Å². The zero-order valence-electron chi connectivity index (χ0n) is 16.0. The largest absolute Gasteiger partial charge is 0.473 e. The predicted molar refractivity (Wildman–Crippen MR) is 109 cm³/mol. The van der Waals surface area contributed by atoms with Crippen molar-refractivity contribution in [2.24, 2.45) is 0 Å². The minimum absolute atomic E-state index is 0.0854. The Bertz CT molecular complexity index is 1080. The Morgan fingerprint density at radius 2 is 2.03 bits per heavy atom. The van der Waals surface area contributed by atoms with Crippen LogP contribution in [0, 0.1) is 6.92 Å². The second kappa shape index (κ2) is 8.50. The number of carbonyl (C=O) groups excluding carboxylic acids is 3. The number of aromatic nitrogens is 2. The van der Waals surface area contributed by atoms with Gasteiger partial charge >= 0.3 is 0 Å². The molecular formula is C21H17N3O5S. The Kier molecular flexibility index (Phi) is 5.62. The van der Waals surface area contributed by atoms with Crippen LogP contribution in [-0.2, 0) is 16.2 Å². The van der Waals surface area contributed by atoms with Crippen molar-refractivity contribution < 1.29 is 23.6 Å². The highest BCUT2D eigenvalue weighted by molar-refractivity contribution is 8.15. The van der Waals surface area contributed by atoms with Crippen LogP contribution >= 0.6 is 11.8 Å². The summed E-state index contributed by atoms with van der Waals surface area (Å²) in [5.74, 6) is 0.208. The monoisotopic (exact) mass is 423 g/mol.